The van der Waals surface area contributed by atoms with Gasteiger partial charge >= 0.3 is 6.18 Å². The summed E-state index contributed by atoms with van der Waals surface area (Å²) in [5.41, 5.74) is 0.0345. The van der Waals surface area contributed by atoms with Crippen LogP contribution >= 0.6 is 0 Å². The molecule has 0 aliphatic carbocycles. The summed E-state index contributed by atoms with van der Waals surface area (Å²) in [5.74, 6) is 0.518. The van der Waals surface area contributed by atoms with Crippen LogP contribution in [0.1, 0.15) is 34.0 Å². The van der Waals surface area contributed by atoms with Crippen LogP contribution in [0.3, 0.4) is 0 Å². The molecule has 0 saturated carbocycles. The van der Waals surface area contributed by atoms with Crippen LogP contribution in [-0.2, 0) is 19.1 Å². The van der Waals surface area contributed by atoms with Crippen LogP contribution in [0, 0.1) is 6.92 Å². The van der Waals surface area contributed by atoms with Crippen LogP contribution in [0.2, 0.25) is 0 Å². The normalized spacial score (nSPS) is 17.7. The molecule has 0 fully saturated rings. The van der Waals surface area contributed by atoms with Gasteiger partial charge in [-0.25, -0.2) is 4.98 Å². The molecule has 3 rings (SSSR count). The topological polar surface area (TPSA) is 59.8 Å². The lowest BCUT2D eigenvalue weighted by Crippen LogP contribution is -2.41. The number of carbonyl (C=O) groups excluding carboxylic acids is 1. The van der Waals surface area contributed by atoms with E-state index in [1.54, 1.807) is 0 Å². The molecule has 1 N–H and O–H groups in total. The molecule has 0 bridgehead atoms. The Morgan fingerprint density at radius 3 is 2.83 bits per heavy atom. The number of alkyl halides is 3. The molecule has 0 unspecified atom stereocenters. The van der Waals surface area contributed by atoms with Crippen LogP contribution in [0.4, 0.5) is 13.2 Å². The Morgan fingerprint density at radius 1 is 1.39 bits per heavy atom. The summed E-state index contributed by atoms with van der Waals surface area (Å²) in [5, 5.41) is 2.81. The van der Waals surface area contributed by atoms with Crippen molar-refractivity contribution in [3.8, 4) is 0 Å². The number of nitrogens with zero attached hydrogens (tertiary/aromatic N) is 3. The summed E-state index contributed by atoms with van der Waals surface area (Å²) in [4.78, 5) is 20.1. The van der Waals surface area contributed by atoms with Gasteiger partial charge in [-0.05, 0) is 25.5 Å². The number of aryl methyl sites for hydroxylation is 2. The molecular formula is C15H15F3N4O. The molecule has 2 aromatic heterocycles. The van der Waals surface area contributed by atoms with Gasteiger partial charge in [0.2, 0.25) is 0 Å². The van der Waals surface area contributed by atoms with Gasteiger partial charge < -0.3 is 9.88 Å². The number of nitrogens with one attached hydrogen (secondary N) is 1. The van der Waals surface area contributed by atoms with Gasteiger partial charge in [0.05, 0.1) is 11.3 Å². The maximum absolute atomic E-state index is 12.5. The molecule has 0 radical (unpaired) electrons. The minimum absolute atomic E-state index is 0.0226. The zero-order chi connectivity index (χ0) is 16.6. The Balaban J connectivity index is 1.66. The van der Waals surface area contributed by atoms with Crippen LogP contribution in [-0.4, -0.2) is 26.5 Å². The van der Waals surface area contributed by atoms with E-state index >= 15 is 0 Å². The fourth-order valence-electron chi connectivity index (χ4n) is 2.66. The standard InChI is InChI=1S/C15H15F3N4O/c1-9-7-22-8-11(3-5-13(22)20-9)21-14(23)12-4-2-10(6-19-12)15(16,17)18/h2,4,6-7,11H,3,5,8H2,1H3,(H,21,23)/t11-/m1/s1. The van der Waals surface area contributed by atoms with Crippen molar-refractivity contribution in [2.75, 3.05) is 0 Å². The Kier molecular flexibility index (Phi) is 3.83. The van der Waals surface area contributed by atoms with Crippen molar-refractivity contribution in [2.24, 2.45) is 0 Å². The number of imidazole rings is 1. The summed E-state index contributed by atoms with van der Waals surface area (Å²) < 4.78 is 39.5. The molecule has 0 aromatic carbocycles. The average molecular weight is 324 g/mol. The van der Waals surface area contributed by atoms with E-state index in [2.05, 4.69) is 15.3 Å². The number of fused-ring (bicyclic) bond motifs is 1. The first-order valence-electron chi connectivity index (χ1n) is 7.19. The van der Waals surface area contributed by atoms with E-state index in [0.29, 0.717) is 12.7 Å². The zero-order valence-electron chi connectivity index (χ0n) is 12.4. The number of amides is 1. The third-order valence-corrected chi connectivity index (χ3v) is 3.77. The predicted molar refractivity (Wildman–Crippen MR) is 75.8 cm³/mol. The van der Waals surface area contributed by atoms with Gasteiger partial charge in [0.1, 0.15) is 11.5 Å². The Hall–Kier alpha value is -2.38. The van der Waals surface area contributed by atoms with E-state index in [0.717, 1.165) is 36.5 Å². The highest BCUT2D eigenvalue weighted by molar-refractivity contribution is 5.92. The van der Waals surface area contributed by atoms with Gasteiger partial charge in [-0.15, -0.1) is 0 Å². The number of halogens is 3. The minimum atomic E-state index is -4.46. The highest BCUT2D eigenvalue weighted by Gasteiger charge is 2.31. The molecule has 1 aliphatic heterocycles. The van der Waals surface area contributed by atoms with E-state index in [4.69, 9.17) is 0 Å². The Bertz CT molecular complexity index is 721. The third-order valence-electron chi connectivity index (χ3n) is 3.77. The van der Waals surface area contributed by atoms with Crippen LogP contribution < -0.4 is 5.32 Å². The number of hydrogen-bond acceptors (Lipinski definition) is 3. The third kappa shape index (κ3) is 3.35. The summed E-state index contributed by atoms with van der Waals surface area (Å²) in [6, 6.07) is 1.86. The number of carbonyl (C=O) groups is 1. The lowest BCUT2D eigenvalue weighted by molar-refractivity contribution is -0.137. The molecule has 8 heteroatoms. The van der Waals surface area contributed by atoms with Crippen molar-refractivity contribution in [1.82, 2.24) is 19.9 Å². The number of aromatic nitrogens is 3. The summed E-state index contributed by atoms with van der Waals surface area (Å²) >= 11 is 0. The molecule has 0 spiro atoms. The fourth-order valence-corrected chi connectivity index (χ4v) is 2.66. The lowest BCUT2D eigenvalue weighted by Gasteiger charge is -2.24. The summed E-state index contributed by atoms with van der Waals surface area (Å²) in [6.07, 6.45) is -0.375. The number of rotatable bonds is 2. The highest BCUT2D eigenvalue weighted by atomic mass is 19.4. The molecule has 0 saturated heterocycles. The first kappa shape index (κ1) is 15.5. The maximum atomic E-state index is 12.5. The van der Waals surface area contributed by atoms with E-state index in [-0.39, 0.29) is 11.7 Å². The second-order valence-electron chi connectivity index (χ2n) is 5.59. The molecular weight excluding hydrogens is 309 g/mol. The van der Waals surface area contributed by atoms with E-state index in [9.17, 15) is 18.0 Å². The lowest BCUT2D eigenvalue weighted by atomic mass is 10.1. The number of hydrogen-bond donors (Lipinski definition) is 1. The molecule has 122 valence electrons. The maximum Gasteiger partial charge on any atom is 0.417 e. The fraction of sp³-hybridized carbons (Fsp3) is 0.400. The number of pyridine rings is 1. The molecule has 1 atom stereocenters. The quantitative estimate of drug-likeness (QED) is 0.922. The van der Waals surface area contributed by atoms with Crippen molar-refractivity contribution in [3.63, 3.8) is 0 Å². The SMILES string of the molecule is Cc1cn2c(n1)CC[C@@H](NC(=O)c1ccc(C(F)(F)F)cn1)C2. The predicted octanol–water partition coefficient (Wildman–Crippen LogP) is 2.35. The molecule has 5 nitrogen and oxygen atoms in total. The zero-order valence-corrected chi connectivity index (χ0v) is 12.4. The van der Waals surface area contributed by atoms with Gasteiger partial charge in [-0.2, -0.15) is 13.2 Å². The van der Waals surface area contributed by atoms with E-state index in [1.807, 2.05) is 17.7 Å². The van der Waals surface area contributed by atoms with Gasteiger partial charge in [0, 0.05) is 31.4 Å². The molecule has 2 aromatic rings. The summed E-state index contributed by atoms with van der Waals surface area (Å²) in [7, 11) is 0. The second-order valence-corrected chi connectivity index (χ2v) is 5.59. The van der Waals surface area contributed by atoms with Crippen molar-refractivity contribution in [2.45, 2.75) is 38.5 Å². The van der Waals surface area contributed by atoms with Gasteiger partial charge in [0.15, 0.2) is 0 Å². The minimum Gasteiger partial charge on any atom is -0.346 e. The second kappa shape index (κ2) is 5.68. The van der Waals surface area contributed by atoms with Gasteiger partial charge in [-0.3, -0.25) is 9.78 Å². The molecule has 3 heterocycles. The Morgan fingerprint density at radius 2 is 2.17 bits per heavy atom. The van der Waals surface area contributed by atoms with Crippen LogP contribution in [0.15, 0.2) is 24.5 Å². The van der Waals surface area contributed by atoms with Crippen molar-refractivity contribution in [3.05, 3.63) is 47.3 Å². The molecule has 1 aliphatic rings. The van der Waals surface area contributed by atoms with E-state index < -0.39 is 17.6 Å². The first-order valence-corrected chi connectivity index (χ1v) is 7.19. The van der Waals surface area contributed by atoms with Crippen LogP contribution in [0.25, 0.3) is 0 Å². The van der Waals surface area contributed by atoms with Crippen LogP contribution in [0.5, 0.6) is 0 Å². The largest absolute Gasteiger partial charge is 0.417 e. The van der Waals surface area contributed by atoms with Crippen molar-refractivity contribution >= 4 is 5.91 Å². The molecule has 1 amide bonds. The van der Waals surface area contributed by atoms with Crippen molar-refractivity contribution in [1.29, 1.82) is 0 Å². The van der Waals surface area contributed by atoms with Gasteiger partial charge in [0.25, 0.3) is 5.91 Å². The first-order chi connectivity index (χ1) is 10.8. The van der Waals surface area contributed by atoms with Crippen molar-refractivity contribution < 1.29 is 18.0 Å². The summed E-state index contributed by atoms with van der Waals surface area (Å²) in [6.45, 7) is 2.51. The smallest absolute Gasteiger partial charge is 0.346 e. The monoisotopic (exact) mass is 324 g/mol. The van der Waals surface area contributed by atoms with Gasteiger partial charge in [-0.1, -0.05) is 0 Å². The average Bonchev–Trinajstić information content (AvgIpc) is 2.86. The van der Waals surface area contributed by atoms with E-state index in [1.165, 1.54) is 0 Å². The highest BCUT2D eigenvalue weighted by Crippen LogP contribution is 2.28. The Labute approximate surface area is 130 Å². The molecule has 23 heavy (non-hydrogen) atoms.